The highest BCUT2D eigenvalue weighted by Crippen LogP contribution is 2.39. The van der Waals surface area contributed by atoms with Gasteiger partial charge >= 0.3 is 0 Å². The van der Waals surface area contributed by atoms with E-state index in [2.05, 4.69) is 16.4 Å². The second-order valence-corrected chi connectivity index (χ2v) is 6.41. The number of carbonyl (C=O) groups is 1. The van der Waals surface area contributed by atoms with E-state index in [1.807, 2.05) is 0 Å². The number of rotatable bonds is 4. The van der Waals surface area contributed by atoms with Gasteiger partial charge in [-0.25, -0.2) is 4.98 Å². The van der Waals surface area contributed by atoms with Gasteiger partial charge in [-0.15, -0.1) is 0 Å². The van der Waals surface area contributed by atoms with E-state index < -0.39 is 5.54 Å². The fourth-order valence-corrected chi connectivity index (χ4v) is 2.78. The Morgan fingerprint density at radius 1 is 1.57 bits per heavy atom. The number of nitriles is 1. The quantitative estimate of drug-likeness (QED) is 0.926. The molecule has 1 aromatic heterocycles. The number of benzene rings is 1. The Morgan fingerprint density at radius 3 is 2.96 bits per heavy atom. The first-order valence-electron chi connectivity index (χ1n) is 7.30. The molecule has 1 heterocycles. The molecule has 6 nitrogen and oxygen atoms in total. The molecule has 3 rings (SSSR count). The summed E-state index contributed by atoms with van der Waals surface area (Å²) >= 11 is 5.91. The van der Waals surface area contributed by atoms with Crippen LogP contribution >= 0.6 is 11.6 Å². The minimum Gasteiger partial charge on any atom is -0.336 e. The van der Waals surface area contributed by atoms with E-state index in [0.717, 1.165) is 12.8 Å². The van der Waals surface area contributed by atoms with E-state index in [-0.39, 0.29) is 23.9 Å². The van der Waals surface area contributed by atoms with Crippen molar-refractivity contribution in [3.63, 3.8) is 0 Å². The van der Waals surface area contributed by atoms with Crippen molar-refractivity contribution in [1.29, 1.82) is 5.26 Å². The van der Waals surface area contributed by atoms with Gasteiger partial charge in [-0.05, 0) is 43.9 Å². The minimum atomic E-state index is -0.881. The van der Waals surface area contributed by atoms with Crippen LogP contribution in [0.3, 0.4) is 0 Å². The molecule has 0 unspecified atom stereocenters. The first kappa shape index (κ1) is 15.5. The summed E-state index contributed by atoms with van der Waals surface area (Å²) in [6.45, 7) is 1.53. The molecule has 1 amide bonds. The van der Waals surface area contributed by atoms with E-state index in [1.54, 1.807) is 19.1 Å². The molecule has 0 bridgehead atoms. The molecule has 2 aromatic rings. The molecule has 0 radical (unpaired) electrons. The highest BCUT2D eigenvalue weighted by atomic mass is 35.5. The fourth-order valence-electron chi connectivity index (χ4n) is 2.61. The maximum atomic E-state index is 12.4. The number of nitrogens with one attached hydrogen (secondary N) is 1. The van der Waals surface area contributed by atoms with Crippen molar-refractivity contribution in [2.45, 2.75) is 31.8 Å². The lowest BCUT2D eigenvalue weighted by Crippen LogP contribution is -2.48. The van der Waals surface area contributed by atoms with E-state index in [1.165, 1.54) is 17.0 Å². The number of carbonyl (C=O) groups excluding carboxylic acids is 1. The lowest BCUT2D eigenvalue weighted by molar-refractivity contribution is -0.123. The Bertz CT molecular complexity index is 882. The molecule has 1 aromatic carbocycles. The summed E-state index contributed by atoms with van der Waals surface area (Å²) in [5.74, 6) is -0.201. The van der Waals surface area contributed by atoms with Gasteiger partial charge in [0.2, 0.25) is 5.91 Å². The summed E-state index contributed by atoms with van der Waals surface area (Å²) in [5, 5.41) is 12.8. The Kier molecular flexibility index (Phi) is 3.82. The van der Waals surface area contributed by atoms with Crippen molar-refractivity contribution in [2.75, 3.05) is 0 Å². The topological polar surface area (TPSA) is 87.8 Å². The second kappa shape index (κ2) is 5.67. The molecule has 23 heavy (non-hydrogen) atoms. The maximum Gasteiger partial charge on any atom is 0.261 e. The highest BCUT2D eigenvalue weighted by molar-refractivity contribution is 6.31. The number of fused-ring (bicyclic) bond motifs is 1. The van der Waals surface area contributed by atoms with Gasteiger partial charge in [-0.2, -0.15) is 5.26 Å². The standard InChI is InChI=1S/C16H15ClN4O2/c1-16(8-18,10-2-3-10)20-14(22)7-21-9-19-13-5-4-11(17)6-12(13)15(21)23/h4-6,9-10H,2-3,7H2,1H3,(H,20,22)/t16-/m0/s1. The summed E-state index contributed by atoms with van der Waals surface area (Å²) in [7, 11) is 0. The Hall–Kier alpha value is -2.39. The molecule has 7 heteroatoms. The van der Waals surface area contributed by atoms with Gasteiger partial charge in [-0.1, -0.05) is 11.6 Å². The average Bonchev–Trinajstić information content (AvgIpc) is 3.35. The summed E-state index contributed by atoms with van der Waals surface area (Å²) in [6.07, 6.45) is 3.19. The summed E-state index contributed by atoms with van der Waals surface area (Å²) in [5.41, 5.74) is -0.692. The number of halogens is 1. The smallest absolute Gasteiger partial charge is 0.261 e. The van der Waals surface area contributed by atoms with E-state index in [0.29, 0.717) is 15.9 Å². The predicted molar refractivity (Wildman–Crippen MR) is 85.9 cm³/mol. The lowest BCUT2D eigenvalue weighted by atomic mass is 9.98. The summed E-state index contributed by atoms with van der Waals surface area (Å²) in [4.78, 5) is 28.8. The van der Waals surface area contributed by atoms with Gasteiger partial charge < -0.3 is 5.32 Å². The van der Waals surface area contributed by atoms with Crippen LogP contribution < -0.4 is 10.9 Å². The third-order valence-electron chi connectivity index (χ3n) is 4.13. The predicted octanol–water partition coefficient (Wildman–Crippen LogP) is 1.86. The molecule has 1 aliphatic rings. The van der Waals surface area contributed by atoms with Crippen LogP contribution in [0.25, 0.3) is 10.9 Å². The fraction of sp³-hybridized carbons (Fsp3) is 0.375. The van der Waals surface area contributed by atoms with Crippen molar-refractivity contribution in [1.82, 2.24) is 14.9 Å². The summed E-state index contributed by atoms with van der Waals surface area (Å²) < 4.78 is 1.22. The average molecular weight is 331 g/mol. The molecule has 0 spiro atoms. The molecule has 1 aliphatic carbocycles. The first-order valence-corrected chi connectivity index (χ1v) is 7.68. The van der Waals surface area contributed by atoms with Crippen LogP contribution in [-0.2, 0) is 11.3 Å². The maximum absolute atomic E-state index is 12.4. The number of hydrogen-bond donors (Lipinski definition) is 1. The van der Waals surface area contributed by atoms with E-state index in [9.17, 15) is 14.9 Å². The molecular formula is C16H15ClN4O2. The van der Waals surface area contributed by atoms with Crippen molar-refractivity contribution in [2.24, 2.45) is 5.92 Å². The zero-order valence-electron chi connectivity index (χ0n) is 12.5. The number of aromatic nitrogens is 2. The van der Waals surface area contributed by atoms with Crippen LogP contribution in [0.2, 0.25) is 5.02 Å². The van der Waals surface area contributed by atoms with Gasteiger partial charge in [-0.3, -0.25) is 14.2 Å². The molecule has 0 saturated heterocycles. The van der Waals surface area contributed by atoms with E-state index in [4.69, 9.17) is 11.6 Å². The third-order valence-corrected chi connectivity index (χ3v) is 4.36. The monoisotopic (exact) mass is 330 g/mol. The van der Waals surface area contributed by atoms with E-state index >= 15 is 0 Å². The Labute approximate surface area is 137 Å². The van der Waals surface area contributed by atoms with Crippen LogP contribution in [-0.4, -0.2) is 21.0 Å². The van der Waals surface area contributed by atoms with Crippen LogP contribution in [0.4, 0.5) is 0 Å². The summed E-state index contributed by atoms with van der Waals surface area (Å²) in [6, 6.07) is 7.00. The van der Waals surface area contributed by atoms with Gasteiger partial charge in [0.1, 0.15) is 12.1 Å². The molecule has 1 saturated carbocycles. The second-order valence-electron chi connectivity index (χ2n) is 5.98. The van der Waals surface area contributed by atoms with Crippen LogP contribution in [0.1, 0.15) is 19.8 Å². The lowest BCUT2D eigenvalue weighted by Gasteiger charge is -2.23. The molecule has 1 atom stereocenters. The van der Waals surface area contributed by atoms with Gasteiger partial charge in [0.25, 0.3) is 5.56 Å². The molecule has 118 valence electrons. The van der Waals surface area contributed by atoms with Crippen molar-refractivity contribution >= 4 is 28.4 Å². The SMILES string of the molecule is C[C@@](C#N)(NC(=O)Cn1cnc2ccc(Cl)cc2c1=O)C1CC1. The molecule has 0 aliphatic heterocycles. The van der Waals surface area contributed by atoms with Gasteiger partial charge in [0.05, 0.1) is 23.3 Å². The third kappa shape index (κ3) is 3.06. The van der Waals surface area contributed by atoms with Crippen molar-refractivity contribution < 1.29 is 4.79 Å². The largest absolute Gasteiger partial charge is 0.336 e. The normalized spacial score (nSPS) is 16.6. The zero-order chi connectivity index (χ0) is 16.6. The number of hydrogen-bond acceptors (Lipinski definition) is 4. The van der Waals surface area contributed by atoms with Gasteiger partial charge in [0.15, 0.2) is 0 Å². The molecule has 1 N–H and O–H groups in total. The highest BCUT2D eigenvalue weighted by Gasteiger charge is 2.43. The zero-order valence-corrected chi connectivity index (χ0v) is 13.3. The van der Waals surface area contributed by atoms with Crippen LogP contribution in [0.5, 0.6) is 0 Å². The molecular weight excluding hydrogens is 316 g/mol. The van der Waals surface area contributed by atoms with Crippen molar-refractivity contribution in [3.8, 4) is 6.07 Å². The Morgan fingerprint density at radius 2 is 2.30 bits per heavy atom. The number of amides is 1. The van der Waals surface area contributed by atoms with Crippen LogP contribution in [0.15, 0.2) is 29.3 Å². The van der Waals surface area contributed by atoms with Crippen molar-refractivity contribution in [3.05, 3.63) is 39.9 Å². The first-order chi connectivity index (χ1) is 10.9. The van der Waals surface area contributed by atoms with Crippen LogP contribution in [0, 0.1) is 17.2 Å². The minimum absolute atomic E-state index is 0.182. The Balaban J connectivity index is 1.84. The molecule has 1 fully saturated rings. The van der Waals surface area contributed by atoms with Gasteiger partial charge in [0, 0.05) is 5.02 Å². The number of nitrogens with zero attached hydrogens (tertiary/aromatic N) is 3.